The fourth-order valence-electron chi connectivity index (χ4n) is 2.55. The van der Waals surface area contributed by atoms with Crippen molar-refractivity contribution >= 4 is 5.91 Å². The van der Waals surface area contributed by atoms with E-state index in [1.54, 1.807) is 11.0 Å². The summed E-state index contributed by atoms with van der Waals surface area (Å²) < 4.78 is 19.0. The fourth-order valence-corrected chi connectivity index (χ4v) is 2.55. The summed E-state index contributed by atoms with van der Waals surface area (Å²) in [5.41, 5.74) is 0.117. The van der Waals surface area contributed by atoms with Crippen LogP contribution in [0, 0.1) is 5.82 Å². The summed E-state index contributed by atoms with van der Waals surface area (Å²) in [6, 6.07) is 4.53. The van der Waals surface area contributed by atoms with Crippen LogP contribution < -0.4 is 10.1 Å². The molecule has 1 atom stereocenters. The van der Waals surface area contributed by atoms with Gasteiger partial charge in [0.05, 0.1) is 12.7 Å². The van der Waals surface area contributed by atoms with Crippen LogP contribution in [0.3, 0.4) is 0 Å². The molecule has 110 valence electrons. The van der Waals surface area contributed by atoms with Gasteiger partial charge < -0.3 is 15.0 Å². The molecule has 1 aromatic carbocycles. The van der Waals surface area contributed by atoms with E-state index in [0.29, 0.717) is 12.3 Å². The third-order valence-corrected chi connectivity index (χ3v) is 3.61. The second-order valence-electron chi connectivity index (χ2n) is 4.99. The van der Waals surface area contributed by atoms with Crippen molar-refractivity contribution in [3.05, 3.63) is 29.6 Å². The van der Waals surface area contributed by atoms with E-state index in [-0.39, 0.29) is 17.5 Å². The molecule has 20 heavy (non-hydrogen) atoms. The standard InChI is InChI=1S/C15H21FN2O2/c1-3-8-18(11-6-7-17-10-11)15(19)13-5-4-12(20-2)9-14(13)16/h4-5,9,11,17H,3,6-8,10H2,1-2H3. The quantitative estimate of drug-likeness (QED) is 0.897. The lowest BCUT2D eigenvalue weighted by Gasteiger charge is -2.28. The van der Waals surface area contributed by atoms with E-state index in [4.69, 9.17) is 4.74 Å². The highest BCUT2D eigenvalue weighted by atomic mass is 19.1. The predicted octanol–water partition coefficient (Wildman–Crippen LogP) is 2.05. The number of amides is 1. The Labute approximate surface area is 118 Å². The Morgan fingerprint density at radius 3 is 2.90 bits per heavy atom. The maximum absolute atomic E-state index is 14.0. The Hall–Kier alpha value is -1.62. The molecule has 1 aliphatic heterocycles. The van der Waals surface area contributed by atoms with Crippen molar-refractivity contribution in [2.75, 3.05) is 26.7 Å². The molecule has 1 heterocycles. The molecule has 1 aromatic rings. The van der Waals surface area contributed by atoms with Crippen LogP contribution in [-0.2, 0) is 0 Å². The summed E-state index contributed by atoms with van der Waals surface area (Å²) in [7, 11) is 1.48. The van der Waals surface area contributed by atoms with Crippen LogP contribution in [-0.4, -0.2) is 43.6 Å². The van der Waals surface area contributed by atoms with Gasteiger partial charge in [0, 0.05) is 25.2 Å². The monoisotopic (exact) mass is 280 g/mol. The topological polar surface area (TPSA) is 41.6 Å². The molecule has 1 unspecified atom stereocenters. The number of methoxy groups -OCH3 is 1. The number of carbonyl (C=O) groups is 1. The van der Waals surface area contributed by atoms with Crippen molar-refractivity contribution in [3.8, 4) is 5.75 Å². The Morgan fingerprint density at radius 2 is 2.35 bits per heavy atom. The Balaban J connectivity index is 2.22. The molecule has 0 aromatic heterocycles. The zero-order valence-electron chi connectivity index (χ0n) is 12.0. The lowest BCUT2D eigenvalue weighted by molar-refractivity contribution is 0.0687. The SMILES string of the molecule is CCCN(C(=O)c1ccc(OC)cc1F)C1CCNC1. The van der Waals surface area contributed by atoms with Crippen molar-refractivity contribution in [2.24, 2.45) is 0 Å². The first-order valence-corrected chi connectivity index (χ1v) is 7.02. The first-order chi connectivity index (χ1) is 9.67. The number of carbonyl (C=O) groups excluding carboxylic acids is 1. The number of hydrogen-bond acceptors (Lipinski definition) is 3. The van der Waals surface area contributed by atoms with Gasteiger partial charge in [-0.3, -0.25) is 4.79 Å². The number of halogens is 1. The van der Waals surface area contributed by atoms with Gasteiger partial charge in [0.15, 0.2) is 0 Å². The van der Waals surface area contributed by atoms with E-state index in [1.165, 1.54) is 19.2 Å². The number of ether oxygens (including phenoxy) is 1. The smallest absolute Gasteiger partial charge is 0.257 e. The molecule has 1 fully saturated rings. The predicted molar refractivity (Wildman–Crippen MR) is 75.6 cm³/mol. The van der Waals surface area contributed by atoms with Gasteiger partial charge >= 0.3 is 0 Å². The normalized spacial score (nSPS) is 18.1. The average Bonchev–Trinajstić information content (AvgIpc) is 2.97. The van der Waals surface area contributed by atoms with Crippen LogP contribution in [0.25, 0.3) is 0 Å². The highest BCUT2D eigenvalue weighted by molar-refractivity contribution is 5.95. The minimum Gasteiger partial charge on any atom is -0.497 e. The van der Waals surface area contributed by atoms with Gasteiger partial charge in [0.25, 0.3) is 5.91 Å². The third kappa shape index (κ3) is 3.10. The lowest BCUT2D eigenvalue weighted by atomic mass is 10.1. The highest BCUT2D eigenvalue weighted by Crippen LogP contribution is 2.20. The average molecular weight is 280 g/mol. The highest BCUT2D eigenvalue weighted by Gasteiger charge is 2.28. The Morgan fingerprint density at radius 1 is 1.55 bits per heavy atom. The van der Waals surface area contributed by atoms with Crippen molar-refractivity contribution in [1.82, 2.24) is 10.2 Å². The third-order valence-electron chi connectivity index (χ3n) is 3.61. The van der Waals surface area contributed by atoms with E-state index in [9.17, 15) is 9.18 Å². The van der Waals surface area contributed by atoms with Crippen LogP contribution in [0.1, 0.15) is 30.1 Å². The molecule has 4 nitrogen and oxygen atoms in total. The molecule has 0 saturated carbocycles. The van der Waals surface area contributed by atoms with E-state index >= 15 is 0 Å². The van der Waals surface area contributed by atoms with Crippen molar-refractivity contribution in [3.63, 3.8) is 0 Å². The summed E-state index contributed by atoms with van der Waals surface area (Å²) in [4.78, 5) is 14.3. The molecule has 0 radical (unpaired) electrons. The Bertz CT molecular complexity index is 473. The summed E-state index contributed by atoms with van der Waals surface area (Å²) in [5.74, 6) is -0.342. The first-order valence-electron chi connectivity index (χ1n) is 7.02. The summed E-state index contributed by atoms with van der Waals surface area (Å²) in [5, 5.41) is 3.24. The molecule has 5 heteroatoms. The van der Waals surface area contributed by atoms with Crippen LogP contribution in [0.5, 0.6) is 5.75 Å². The van der Waals surface area contributed by atoms with Crippen LogP contribution in [0.2, 0.25) is 0 Å². The molecular weight excluding hydrogens is 259 g/mol. The van der Waals surface area contributed by atoms with Gasteiger partial charge in [-0.1, -0.05) is 6.92 Å². The van der Waals surface area contributed by atoms with Gasteiger partial charge in [-0.25, -0.2) is 4.39 Å². The first kappa shape index (κ1) is 14.8. The number of benzene rings is 1. The van der Waals surface area contributed by atoms with Crippen LogP contribution in [0.15, 0.2) is 18.2 Å². The maximum atomic E-state index is 14.0. The summed E-state index contributed by atoms with van der Waals surface area (Å²) in [6.07, 6.45) is 1.78. The largest absolute Gasteiger partial charge is 0.497 e. The summed E-state index contributed by atoms with van der Waals surface area (Å²) >= 11 is 0. The molecule has 2 rings (SSSR count). The second-order valence-corrected chi connectivity index (χ2v) is 4.99. The number of hydrogen-bond donors (Lipinski definition) is 1. The van der Waals surface area contributed by atoms with Crippen LogP contribution in [0.4, 0.5) is 4.39 Å². The van der Waals surface area contributed by atoms with E-state index in [1.807, 2.05) is 6.92 Å². The van der Waals surface area contributed by atoms with Gasteiger partial charge in [0.2, 0.25) is 0 Å². The van der Waals surface area contributed by atoms with E-state index in [2.05, 4.69) is 5.32 Å². The number of nitrogens with zero attached hydrogens (tertiary/aromatic N) is 1. The van der Waals surface area contributed by atoms with E-state index in [0.717, 1.165) is 25.9 Å². The van der Waals surface area contributed by atoms with Crippen molar-refractivity contribution in [2.45, 2.75) is 25.8 Å². The fraction of sp³-hybridized carbons (Fsp3) is 0.533. The molecule has 1 amide bonds. The van der Waals surface area contributed by atoms with Crippen LogP contribution >= 0.6 is 0 Å². The molecular formula is C15H21FN2O2. The molecule has 1 N–H and O–H groups in total. The lowest BCUT2D eigenvalue weighted by Crippen LogP contribution is -2.42. The number of nitrogens with one attached hydrogen (secondary N) is 1. The summed E-state index contributed by atoms with van der Waals surface area (Å²) in [6.45, 7) is 4.36. The van der Waals surface area contributed by atoms with Gasteiger partial charge in [0.1, 0.15) is 11.6 Å². The minimum atomic E-state index is -0.526. The van der Waals surface area contributed by atoms with E-state index < -0.39 is 5.82 Å². The zero-order chi connectivity index (χ0) is 14.5. The molecule has 0 bridgehead atoms. The molecule has 1 aliphatic rings. The van der Waals surface area contributed by atoms with Gasteiger partial charge in [-0.05, 0) is 31.5 Å². The van der Waals surface area contributed by atoms with Gasteiger partial charge in [-0.15, -0.1) is 0 Å². The molecule has 0 aliphatic carbocycles. The minimum absolute atomic E-state index is 0.117. The van der Waals surface area contributed by atoms with Crippen molar-refractivity contribution in [1.29, 1.82) is 0 Å². The maximum Gasteiger partial charge on any atom is 0.257 e. The van der Waals surface area contributed by atoms with Gasteiger partial charge in [-0.2, -0.15) is 0 Å². The second kappa shape index (κ2) is 6.70. The number of rotatable bonds is 5. The molecule has 0 spiro atoms. The van der Waals surface area contributed by atoms with Crippen molar-refractivity contribution < 1.29 is 13.9 Å². The zero-order valence-corrected chi connectivity index (χ0v) is 12.0. The Kier molecular flexibility index (Phi) is 4.95. The molecule has 1 saturated heterocycles.